The highest BCUT2D eigenvalue weighted by molar-refractivity contribution is 6.09. The maximum atomic E-state index is 12.8. The molecular formula is C20H27N3O5. The normalized spacial score (nSPS) is 17.8. The summed E-state index contributed by atoms with van der Waals surface area (Å²) < 4.78 is 10.5. The molecule has 4 amide bonds. The molecule has 2 aliphatic rings. The van der Waals surface area contributed by atoms with Crippen molar-refractivity contribution in [1.82, 2.24) is 15.1 Å². The first-order valence-electron chi connectivity index (χ1n) is 9.57. The molecule has 28 heavy (non-hydrogen) atoms. The van der Waals surface area contributed by atoms with Crippen molar-refractivity contribution in [2.75, 3.05) is 27.3 Å². The third-order valence-electron chi connectivity index (χ3n) is 5.55. The molecule has 152 valence electrons. The summed E-state index contributed by atoms with van der Waals surface area (Å²) in [5, 5.41) is 2.81. The molecule has 3 rings (SSSR count). The van der Waals surface area contributed by atoms with Gasteiger partial charge in [-0.3, -0.25) is 14.5 Å². The average Bonchev–Trinajstić information content (AvgIpc) is 3.26. The molecule has 2 fully saturated rings. The van der Waals surface area contributed by atoms with Crippen LogP contribution in [0.4, 0.5) is 4.79 Å². The fourth-order valence-corrected chi connectivity index (χ4v) is 3.95. The number of carbonyl (C=O) groups is 3. The van der Waals surface area contributed by atoms with Crippen molar-refractivity contribution in [2.24, 2.45) is 0 Å². The molecule has 1 aromatic carbocycles. The predicted molar refractivity (Wildman–Crippen MR) is 102 cm³/mol. The van der Waals surface area contributed by atoms with Crippen LogP contribution in [0.5, 0.6) is 11.5 Å². The van der Waals surface area contributed by atoms with Crippen molar-refractivity contribution in [1.29, 1.82) is 0 Å². The Morgan fingerprint density at radius 1 is 1.18 bits per heavy atom. The Kier molecular flexibility index (Phi) is 5.76. The molecule has 1 aromatic rings. The maximum Gasteiger partial charge on any atom is 0.325 e. The van der Waals surface area contributed by atoms with Crippen LogP contribution >= 0.6 is 0 Å². The zero-order valence-corrected chi connectivity index (χ0v) is 16.6. The Labute approximate surface area is 164 Å². The van der Waals surface area contributed by atoms with Gasteiger partial charge in [-0.2, -0.15) is 0 Å². The molecule has 8 nitrogen and oxygen atoms in total. The van der Waals surface area contributed by atoms with Gasteiger partial charge in [0.15, 0.2) is 11.5 Å². The molecule has 1 aliphatic carbocycles. The third-order valence-corrected chi connectivity index (χ3v) is 5.55. The van der Waals surface area contributed by atoms with Crippen LogP contribution in [0.25, 0.3) is 0 Å². The molecule has 0 radical (unpaired) electrons. The Bertz CT molecular complexity index is 773. The number of hydrogen-bond donors (Lipinski definition) is 1. The number of imide groups is 1. The van der Waals surface area contributed by atoms with E-state index in [1.54, 1.807) is 25.2 Å². The highest BCUT2D eigenvalue weighted by Crippen LogP contribution is 2.35. The van der Waals surface area contributed by atoms with Crippen LogP contribution in [0.15, 0.2) is 18.2 Å². The molecule has 1 N–H and O–H groups in total. The molecular weight excluding hydrogens is 362 g/mol. The number of ether oxygens (including phenoxy) is 2. The molecule has 0 bridgehead atoms. The lowest BCUT2D eigenvalue weighted by Crippen LogP contribution is -2.46. The number of hydrogen-bond acceptors (Lipinski definition) is 5. The first kappa shape index (κ1) is 20.0. The number of rotatable bonds is 7. The zero-order valence-electron chi connectivity index (χ0n) is 16.6. The van der Waals surface area contributed by atoms with Crippen molar-refractivity contribution in [3.8, 4) is 11.5 Å². The number of likely N-dealkylation sites (N-methyl/N-ethyl adjacent to an activating group) is 1. The summed E-state index contributed by atoms with van der Waals surface area (Å²) in [5.41, 5.74) is 0.0786. The van der Waals surface area contributed by atoms with Crippen LogP contribution in [0.3, 0.4) is 0 Å². The summed E-state index contributed by atoms with van der Waals surface area (Å²) in [4.78, 5) is 40.5. The van der Waals surface area contributed by atoms with Crippen LogP contribution in [0.1, 0.15) is 38.2 Å². The van der Waals surface area contributed by atoms with E-state index in [9.17, 15) is 14.4 Å². The number of nitrogens with zero attached hydrogens (tertiary/aromatic N) is 2. The molecule has 1 heterocycles. The number of benzene rings is 1. The van der Waals surface area contributed by atoms with E-state index >= 15 is 0 Å². The summed E-state index contributed by atoms with van der Waals surface area (Å²) in [6.45, 7) is 2.43. The van der Waals surface area contributed by atoms with Crippen molar-refractivity contribution < 1.29 is 23.9 Å². The van der Waals surface area contributed by atoms with Crippen LogP contribution < -0.4 is 14.8 Å². The van der Waals surface area contributed by atoms with Crippen molar-refractivity contribution >= 4 is 17.8 Å². The summed E-state index contributed by atoms with van der Waals surface area (Å²) in [5.74, 6) is 0.656. The highest BCUT2D eigenvalue weighted by Gasteiger charge is 2.52. The predicted octanol–water partition coefficient (Wildman–Crippen LogP) is 1.92. The summed E-state index contributed by atoms with van der Waals surface area (Å²) >= 11 is 0. The van der Waals surface area contributed by atoms with E-state index in [1.165, 1.54) is 0 Å². The Morgan fingerprint density at radius 3 is 2.46 bits per heavy atom. The van der Waals surface area contributed by atoms with Crippen molar-refractivity contribution in [2.45, 2.75) is 44.7 Å². The SMILES string of the molecule is CCN(Cc1ccc(OC)c(OC)c1)C(=O)CN1C(=O)NC2(CCCC2)C1=O. The number of carbonyl (C=O) groups excluding carboxylic acids is 3. The van der Waals surface area contributed by atoms with Gasteiger partial charge >= 0.3 is 6.03 Å². The molecule has 1 saturated heterocycles. The standard InChI is InChI=1S/C20H27N3O5/c1-4-22(12-14-7-8-15(27-2)16(11-14)28-3)17(24)13-23-18(25)20(21-19(23)26)9-5-6-10-20/h7-8,11H,4-6,9-10,12-13H2,1-3H3,(H,21,26). The first-order chi connectivity index (χ1) is 13.4. The minimum Gasteiger partial charge on any atom is -0.493 e. The minimum atomic E-state index is -0.794. The summed E-state index contributed by atoms with van der Waals surface area (Å²) in [6, 6.07) is 4.99. The van der Waals surface area contributed by atoms with Gasteiger partial charge in [-0.25, -0.2) is 4.79 Å². The van der Waals surface area contributed by atoms with Gasteiger partial charge in [0.2, 0.25) is 5.91 Å². The topological polar surface area (TPSA) is 88.2 Å². The number of nitrogens with one attached hydrogen (secondary N) is 1. The minimum absolute atomic E-state index is 0.243. The average molecular weight is 389 g/mol. The molecule has 0 aromatic heterocycles. The van der Waals surface area contributed by atoms with Crippen LogP contribution in [-0.2, 0) is 16.1 Å². The molecule has 8 heteroatoms. The second kappa shape index (κ2) is 8.08. The fourth-order valence-electron chi connectivity index (χ4n) is 3.95. The van der Waals surface area contributed by atoms with Crippen LogP contribution in [-0.4, -0.2) is 60.5 Å². The van der Waals surface area contributed by atoms with Gasteiger partial charge < -0.3 is 19.7 Å². The monoisotopic (exact) mass is 389 g/mol. The lowest BCUT2D eigenvalue weighted by Gasteiger charge is -2.24. The smallest absolute Gasteiger partial charge is 0.325 e. The van der Waals surface area contributed by atoms with E-state index in [0.717, 1.165) is 23.3 Å². The van der Waals surface area contributed by atoms with E-state index in [0.29, 0.717) is 37.4 Å². The number of urea groups is 1. The second-order valence-electron chi connectivity index (χ2n) is 7.21. The van der Waals surface area contributed by atoms with Crippen LogP contribution in [0.2, 0.25) is 0 Å². The van der Waals surface area contributed by atoms with Crippen molar-refractivity contribution in [3.63, 3.8) is 0 Å². The van der Waals surface area contributed by atoms with E-state index in [-0.39, 0.29) is 18.4 Å². The van der Waals surface area contributed by atoms with Crippen LogP contribution in [0, 0.1) is 0 Å². The fraction of sp³-hybridized carbons (Fsp3) is 0.550. The summed E-state index contributed by atoms with van der Waals surface area (Å²) in [6.07, 6.45) is 3.11. The molecule has 0 atom stereocenters. The lowest BCUT2D eigenvalue weighted by atomic mass is 9.98. The first-order valence-corrected chi connectivity index (χ1v) is 9.57. The van der Waals surface area contributed by atoms with E-state index in [1.807, 2.05) is 19.1 Å². The number of amides is 4. The summed E-state index contributed by atoms with van der Waals surface area (Å²) in [7, 11) is 3.12. The quantitative estimate of drug-likeness (QED) is 0.720. The highest BCUT2D eigenvalue weighted by atomic mass is 16.5. The zero-order chi connectivity index (χ0) is 20.3. The van der Waals surface area contributed by atoms with Gasteiger partial charge in [0.25, 0.3) is 5.91 Å². The van der Waals surface area contributed by atoms with Gasteiger partial charge in [0, 0.05) is 13.1 Å². The molecule has 1 saturated carbocycles. The maximum absolute atomic E-state index is 12.8. The number of methoxy groups -OCH3 is 2. The molecule has 1 aliphatic heterocycles. The second-order valence-corrected chi connectivity index (χ2v) is 7.21. The van der Waals surface area contributed by atoms with Crippen molar-refractivity contribution in [3.05, 3.63) is 23.8 Å². The largest absolute Gasteiger partial charge is 0.493 e. The van der Waals surface area contributed by atoms with Gasteiger partial charge in [-0.1, -0.05) is 18.9 Å². The van der Waals surface area contributed by atoms with Gasteiger partial charge in [0.05, 0.1) is 14.2 Å². The molecule has 1 spiro atoms. The van der Waals surface area contributed by atoms with E-state index in [2.05, 4.69) is 5.32 Å². The third kappa shape index (κ3) is 3.63. The Hall–Kier alpha value is -2.77. The van der Waals surface area contributed by atoms with E-state index < -0.39 is 11.6 Å². The molecule has 0 unspecified atom stereocenters. The Balaban J connectivity index is 1.69. The van der Waals surface area contributed by atoms with E-state index in [4.69, 9.17) is 9.47 Å². The lowest BCUT2D eigenvalue weighted by molar-refractivity contribution is -0.139. The van der Waals surface area contributed by atoms with Gasteiger partial charge in [-0.15, -0.1) is 0 Å². The van der Waals surface area contributed by atoms with Gasteiger partial charge in [-0.05, 0) is 37.5 Å². The Morgan fingerprint density at radius 2 is 1.86 bits per heavy atom. The van der Waals surface area contributed by atoms with Gasteiger partial charge in [0.1, 0.15) is 12.1 Å².